The number of nitrogens with one attached hydrogen (secondary N) is 1. The van der Waals surface area contributed by atoms with Crippen molar-refractivity contribution in [2.75, 3.05) is 6.79 Å². The quantitative estimate of drug-likeness (QED) is 0.738. The first-order chi connectivity index (χ1) is 12.9. The van der Waals surface area contributed by atoms with Gasteiger partial charge >= 0.3 is 5.97 Å². The lowest BCUT2D eigenvalue weighted by Crippen LogP contribution is -2.35. The Bertz CT molecular complexity index is 851. The summed E-state index contributed by atoms with van der Waals surface area (Å²) in [6.45, 7) is 1.96. The molecule has 0 bridgehead atoms. The molecule has 27 heavy (non-hydrogen) atoms. The Hall–Kier alpha value is -2.44. The predicted octanol–water partition coefficient (Wildman–Crippen LogP) is 3.51. The Kier molecular flexibility index (Phi) is 6.08. The van der Waals surface area contributed by atoms with Crippen LogP contribution in [0.4, 0.5) is 0 Å². The third kappa shape index (κ3) is 4.84. The molecule has 8 heteroatoms. The van der Waals surface area contributed by atoms with Crippen LogP contribution >= 0.6 is 23.2 Å². The first kappa shape index (κ1) is 19.3. The van der Waals surface area contributed by atoms with E-state index in [1.54, 1.807) is 30.3 Å². The van der Waals surface area contributed by atoms with Crippen molar-refractivity contribution in [3.05, 3.63) is 57.6 Å². The Morgan fingerprint density at radius 3 is 2.59 bits per heavy atom. The molecular formula is C19H17Cl2NO5. The third-order valence-electron chi connectivity index (χ3n) is 3.96. The summed E-state index contributed by atoms with van der Waals surface area (Å²) in [6.07, 6.45) is -1.06. The zero-order valence-electron chi connectivity index (χ0n) is 14.5. The maximum atomic E-state index is 12.2. The van der Waals surface area contributed by atoms with Gasteiger partial charge in [0.2, 0.25) is 6.79 Å². The van der Waals surface area contributed by atoms with Crippen LogP contribution in [0.2, 0.25) is 10.0 Å². The van der Waals surface area contributed by atoms with Gasteiger partial charge in [0.25, 0.3) is 5.91 Å². The number of rotatable bonds is 6. The van der Waals surface area contributed by atoms with Gasteiger partial charge in [0.05, 0.1) is 6.42 Å². The molecule has 1 amide bonds. The highest BCUT2D eigenvalue weighted by Gasteiger charge is 2.20. The number of halogens is 2. The lowest BCUT2D eigenvalue weighted by molar-refractivity contribution is -0.154. The van der Waals surface area contributed by atoms with E-state index in [0.717, 1.165) is 5.56 Å². The minimum Gasteiger partial charge on any atom is -0.454 e. The van der Waals surface area contributed by atoms with Crippen molar-refractivity contribution in [3.8, 4) is 11.5 Å². The molecule has 0 radical (unpaired) electrons. The molecule has 2 aromatic rings. The number of fused-ring (bicyclic) bond motifs is 1. The maximum absolute atomic E-state index is 12.2. The second-order valence-electron chi connectivity index (χ2n) is 5.91. The molecule has 0 saturated heterocycles. The molecule has 142 valence electrons. The molecule has 0 saturated carbocycles. The van der Waals surface area contributed by atoms with Crippen LogP contribution in [0.25, 0.3) is 0 Å². The molecule has 1 aliphatic heterocycles. The average Bonchev–Trinajstić information content (AvgIpc) is 3.10. The van der Waals surface area contributed by atoms with Crippen LogP contribution in [0.15, 0.2) is 36.4 Å². The van der Waals surface area contributed by atoms with Crippen LogP contribution < -0.4 is 14.8 Å². The summed E-state index contributed by atoms with van der Waals surface area (Å²) in [5.41, 5.74) is 1.31. The van der Waals surface area contributed by atoms with E-state index in [0.29, 0.717) is 27.1 Å². The minimum atomic E-state index is -0.951. The lowest BCUT2D eigenvalue weighted by atomic mass is 10.1. The standard InChI is InChI=1S/C19H17Cl2NO5/c1-11(27-18(23)8-13-14(20)3-2-4-15(13)21)19(24)22-9-12-5-6-16-17(7-12)26-10-25-16/h2-7,11H,8-10H2,1H3,(H,22,24). The second-order valence-corrected chi connectivity index (χ2v) is 6.73. The summed E-state index contributed by atoms with van der Waals surface area (Å²) in [4.78, 5) is 24.3. The van der Waals surface area contributed by atoms with Gasteiger partial charge in [-0.25, -0.2) is 0 Å². The van der Waals surface area contributed by atoms with E-state index in [4.69, 9.17) is 37.4 Å². The number of hydrogen-bond acceptors (Lipinski definition) is 5. The van der Waals surface area contributed by atoms with Gasteiger partial charge in [0.1, 0.15) is 0 Å². The first-order valence-electron chi connectivity index (χ1n) is 8.22. The van der Waals surface area contributed by atoms with E-state index in [2.05, 4.69) is 5.32 Å². The van der Waals surface area contributed by atoms with Crippen LogP contribution in [0.5, 0.6) is 11.5 Å². The zero-order valence-corrected chi connectivity index (χ0v) is 16.0. The van der Waals surface area contributed by atoms with Crippen LogP contribution in [0.3, 0.4) is 0 Å². The van der Waals surface area contributed by atoms with Crippen molar-refractivity contribution in [2.24, 2.45) is 0 Å². The summed E-state index contributed by atoms with van der Waals surface area (Å²) in [7, 11) is 0. The Labute approximate surface area is 166 Å². The monoisotopic (exact) mass is 409 g/mol. The summed E-state index contributed by atoms with van der Waals surface area (Å²) >= 11 is 12.1. The van der Waals surface area contributed by atoms with Crippen LogP contribution in [0, 0.1) is 0 Å². The number of carbonyl (C=O) groups is 2. The lowest BCUT2D eigenvalue weighted by Gasteiger charge is -2.14. The largest absolute Gasteiger partial charge is 0.454 e. The average molecular weight is 410 g/mol. The minimum absolute atomic E-state index is 0.113. The fraction of sp³-hybridized carbons (Fsp3) is 0.263. The van der Waals surface area contributed by atoms with Crippen molar-refractivity contribution < 1.29 is 23.8 Å². The van der Waals surface area contributed by atoms with Crippen LogP contribution in [-0.4, -0.2) is 24.8 Å². The van der Waals surface area contributed by atoms with Crippen LogP contribution in [0.1, 0.15) is 18.1 Å². The number of hydrogen-bond donors (Lipinski definition) is 1. The molecule has 1 heterocycles. The molecule has 6 nitrogen and oxygen atoms in total. The van der Waals surface area contributed by atoms with Gasteiger partial charge in [0.15, 0.2) is 17.6 Å². The smallest absolute Gasteiger partial charge is 0.311 e. The van der Waals surface area contributed by atoms with Crippen molar-refractivity contribution in [3.63, 3.8) is 0 Å². The molecule has 3 rings (SSSR count). The summed E-state index contributed by atoms with van der Waals surface area (Å²) in [5.74, 6) is 0.311. The highest BCUT2D eigenvalue weighted by atomic mass is 35.5. The van der Waals surface area contributed by atoms with E-state index in [1.807, 2.05) is 6.07 Å². The summed E-state index contributed by atoms with van der Waals surface area (Å²) in [5, 5.41) is 3.47. The highest BCUT2D eigenvalue weighted by molar-refractivity contribution is 6.36. The molecule has 0 aliphatic carbocycles. The van der Waals surface area contributed by atoms with Crippen molar-refractivity contribution in [1.29, 1.82) is 0 Å². The van der Waals surface area contributed by atoms with Gasteiger partial charge in [0, 0.05) is 22.2 Å². The molecule has 2 aromatic carbocycles. The van der Waals surface area contributed by atoms with Gasteiger partial charge in [-0.2, -0.15) is 0 Å². The van der Waals surface area contributed by atoms with E-state index < -0.39 is 18.0 Å². The van der Waals surface area contributed by atoms with Gasteiger partial charge in [-0.3, -0.25) is 9.59 Å². The Morgan fingerprint density at radius 2 is 1.85 bits per heavy atom. The predicted molar refractivity (Wildman–Crippen MR) is 100 cm³/mol. The fourth-order valence-corrected chi connectivity index (χ4v) is 3.05. The first-order valence-corrected chi connectivity index (χ1v) is 8.98. The molecule has 1 unspecified atom stereocenters. The zero-order chi connectivity index (χ0) is 19.4. The Morgan fingerprint density at radius 1 is 1.15 bits per heavy atom. The third-order valence-corrected chi connectivity index (χ3v) is 4.67. The van der Waals surface area contributed by atoms with Crippen LogP contribution in [-0.2, 0) is 27.3 Å². The van der Waals surface area contributed by atoms with E-state index >= 15 is 0 Å². The summed E-state index contributed by atoms with van der Waals surface area (Å²) in [6, 6.07) is 10.4. The molecule has 1 N–H and O–H groups in total. The number of amides is 1. The van der Waals surface area contributed by atoms with E-state index in [-0.39, 0.29) is 19.8 Å². The van der Waals surface area contributed by atoms with E-state index in [1.165, 1.54) is 6.92 Å². The highest BCUT2D eigenvalue weighted by Crippen LogP contribution is 2.32. The van der Waals surface area contributed by atoms with Crippen molar-refractivity contribution in [2.45, 2.75) is 26.0 Å². The topological polar surface area (TPSA) is 73.9 Å². The van der Waals surface area contributed by atoms with Gasteiger partial charge < -0.3 is 19.5 Å². The molecule has 1 atom stereocenters. The number of carbonyl (C=O) groups excluding carboxylic acids is 2. The second kappa shape index (κ2) is 8.50. The number of esters is 1. The molecule has 1 aliphatic rings. The van der Waals surface area contributed by atoms with Crippen molar-refractivity contribution >= 4 is 35.1 Å². The normalized spacial score (nSPS) is 13.1. The maximum Gasteiger partial charge on any atom is 0.311 e. The van der Waals surface area contributed by atoms with Gasteiger partial charge in [-0.15, -0.1) is 0 Å². The molecular weight excluding hydrogens is 393 g/mol. The molecule has 0 aromatic heterocycles. The molecule has 0 spiro atoms. The number of benzene rings is 2. The Balaban J connectivity index is 1.50. The van der Waals surface area contributed by atoms with Gasteiger partial charge in [-0.1, -0.05) is 35.3 Å². The number of ether oxygens (including phenoxy) is 3. The SMILES string of the molecule is CC(OC(=O)Cc1c(Cl)cccc1Cl)C(=O)NCc1ccc2c(c1)OCO2. The van der Waals surface area contributed by atoms with E-state index in [9.17, 15) is 9.59 Å². The van der Waals surface area contributed by atoms with Crippen molar-refractivity contribution in [1.82, 2.24) is 5.32 Å². The summed E-state index contributed by atoms with van der Waals surface area (Å²) < 4.78 is 15.7. The molecule has 0 fully saturated rings. The van der Waals surface area contributed by atoms with Gasteiger partial charge in [-0.05, 0) is 36.8 Å². The fourth-order valence-electron chi connectivity index (χ4n) is 2.52.